The molecule has 0 radical (unpaired) electrons. The van der Waals surface area contributed by atoms with Gasteiger partial charge in [0.2, 0.25) is 0 Å². The molecule has 3 aromatic rings. The van der Waals surface area contributed by atoms with Crippen LogP contribution in [0.5, 0.6) is 5.75 Å². The number of anilines is 1. The van der Waals surface area contributed by atoms with Gasteiger partial charge in [-0.05, 0) is 67.9 Å². The summed E-state index contributed by atoms with van der Waals surface area (Å²) < 4.78 is 32.9. The molecule has 0 saturated heterocycles. The molecule has 3 rings (SSSR count). The van der Waals surface area contributed by atoms with Gasteiger partial charge in [0.25, 0.3) is 15.9 Å². The van der Waals surface area contributed by atoms with Gasteiger partial charge in [-0.15, -0.1) is 0 Å². The smallest absolute Gasteiger partial charge is 0.264 e. The molecule has 1 aromatic heterocycles. The van der Waals surface area contributed by atoms with E-state index in [1.807, 2.05) is 13.8 Å². The second-order valence-electron chi connectivity index (χ2n) is 7.06. The molecule has 0 aliphatic rings. The van der Waals surface area contributed by atoms with E-state index in [0.717, 1.165) is 15.6 Å². The minimum Gasteiger partial charge on any atom is -0.491 e. The Hall–Kier alpha value is -3.72. The van der Waals surface area contributed by atoms with Gasteiger partial charge in [0.15, 0.2) is 0 Å². The van der Waals surface area contributed by atoms with Crippen LogP contribution in [0.4, 0.5) is 5.69 Å². The predicted molar refractivity (Wildman–Crippen MR) is 123 cm³/mol. The van der Waals surface area contributed by atoms with Crippen molar-refractivity contribution in [3.05, 3.63) is 84.7 Å². The number of rotatable bonds is 9. The molecule has 0 atom stereocenters. The molecule has 0 aliphatic carbocycles. The van der Waals surface area contributed by atoms with Gasteiger partial charge in [-0.25, -0.2) is 13.8 Å². The molecule has 166 valence electrons. The number of aromatic nitrogens is 1. The maximum absolute atomic E-state index is 13.1. The molecule has 0 spiro atoms. The predicted octanol–water partition coefficient (Wildman–Crippen LogP) is 3.21. The van der Waals surface area contributed by atoms with Crippen LogP contribution in [-0.4, -0.2) is 38.2 Å². The lowest BCUT2D eigenvalue weighted by atomic mass is 10.2. The highest BCUT2D eigenvalue weighted by atomic mass is 32.2. The van der Waals surface area contributed by atoms with Gasteiger partial charge >= 0.3 is 0 Å². The van der Waals surface area contributed by atoms with Crippen LogP contribution in [0.2, 0.25) is 0 Å². The van der Waals surface area contributed by atoms with E-state index in [1.54, 1.807) is 54.6 Å². The van der Waals surface area contributed by atoms with Crippen molar-refractivity contribution in [3.63, 3.8) is 0 Å². The first kappa shape index (κ1) is 23.0. The topological polar surface area (TPSA) is 101 Å². The molecule has 8 nitrogen and oxygen atoms in total. The van der Waals surface area contributed by atoms with Gasteiger partial charge in [-0.3, -0.25) is 14.1 Å². The second-order valence-corrected chi connectivity index (χ2v) is 8.93. The van der Waals surface area contributed by atoms with Crippen LogP contribution < -0.4 is 14.5 Å². The molecule has 0 aliphatic heterocycles. The third kappa shape index (κ3) is 6.14. The van der Waals surface area contributed by atoms with Crippen molar-refractivity contribution in [2.45, 2.75) is 24.8 Å². The maximum Gasteiger partial charge on any atom is 0.264 e. The molecular formula is C23H24N4O4S. The summed E-state index contributed by atoms with van der Waals surface area (Å²) >= 11 is 0. The highest BCUT2D eigenvalue weighted by Crippen LogP contribution is 2.22. The van der Waals surface area contributed by atoms with E-state index in [9.17, 15) is 13.2 Å². The van der Waals surface area contributed by atoms with E-state index >= 15 is 0 Å². The Kier molecular flexibility index (Phi) is 7.56. The number of sulfonamides is 1. The van der Waals surface area contributed by atoms with Gasteiger partial charge in [-0.2, -0.15) is 5.10 Å². The molecule has 1 heterocycles. The van der Waals surface area contributed by atoms with Crippen LogP contribution in [-0.2, 0) is 14.8 Å². The molecule has 0 unspecified atom stereocenters. The zero-order chi connectivity index (χ0) is 23.0. The molecule has 0 saturated carbocycles. The van der Waals surface area contributed by atoms with Gasteiger partial charge in [0.1, 0.15) is 12.3 Å². The van der Waals surface area contributed by atoms with Crippen LogP contribution in [0.1, 0.15) is 19.4 Å². The highest BCUT2D eigenvalue weighted by molar-refractivity contribution is 7.92. The fourth-order valence-corrected chi connectivity index (χ4v) is 4.21. The van der Waals surface area contributed by atoms with Crippen molar-refractivity contribution in [3.8, 4) is 5.75 Å². The number of hydrazone groups is 1. The summed E-state index contributed by atoms with van der Waals surface area (Å²) in [5, 5.41) is 3.93. The van der Waals surface area contributed by atoms with Gasteiger partial charge in [0, 0.05) is 6.20 Å². The Morgan fingerprint density at radius 3 is 2.44 bits per heavy atom. The first-order chi connectivity index (χ1) is 15.4. The fourth-order valence-electron chi connectivity index (χ4n) is 2.79. The Labute approximate surface area is 187 Å². The lowest BCUT2D eigenvalue weighted by Crippen LogP contribution is -2.39. The minimum absolute atomic E-state index is 0.0729. The molecular weight excluding hydrogens is 428 g/mol. The normalized spacial score (nSPS) is 11.5. The number of amides is 1. The van der Waals surface area contributed by atoms with Gasteiger partial charge < -0.3 is 4.74 Å². The molecule has 1 amide bonds. The summed E-state index contributed by atoms with van der Waals surface area (Å²) in [5.74, 6) is 0.142. The Morgan fingerprint density at radius 2 is 1.81 bits per heavy atom. The van der Waals surface area contributed by atoms with Crippen molar-refractivity contribution >= 4 is 27.8 Å². The molecule has 0 bridgehead atoms. The van der Waals surface area contributed by atoms with E-state index < -0.39 is 22.5 Å². The summed E-state index contributed by atoms with van der Waals surface area (Å²) in [6.07, 6.45) is 4.46. The standard InChI is InChI=1S/C23H24N4O4S/c1-18(2)31-21-12-10-19(11-13-21)15-25-26-23(28)17-27(20-7-6-14-24-16-20)32(29,30)22-8-4-3-5-9-22/h3-16,18H,17H2,1-2H3,(H,26,28). The lowest BCUT2D eigenvalue weighted by molar-refractivity contribution is -0.119. The first-order valence-corrected chi connectivity index (χ1v) is 11.4. The Balaban J connectivity index is 1.71. The molecule has 9 heteroatoms. The van der Waals surface area contributed by atoms with Crippen molar-refractivity contribution < 1.29 is 17.9 Å². The number of hydrogen-bond acceptors (Lipinski definition) is 6. The SMILES string of the molecule is CC(C)Oc1ccc(C=NNC(=O)CN(c2cccnc2)S(=O)(=O)c2ccccc2)cc1. The van der Waals surface area contributed by atoms with Gasteiger partial charge in [-0.1, -0.05) is 18.2 Å². The van der Waals surface area contributed by atoms with Crippen molar-refractivity contribution in [2.24, 2.45) is 5.10 Å². The fraction of sp³-hybridized carbons (Fsp3) is 0.174. The summed E-state index contributed by atoms with van der Waals surface area (Å²) in [5.41, 5.74) is 3.40. The number of hydrogen-bond donors (Lipinski definition) is 1. The number of nitrogens with zero attached hydrogens (tertiary/aromatic N) is 3. The van der Waals surface area contributed by atoms with Crippen molar-refractivity contribution in [1.29, 1.82) is 0 Å². The minimum atomic E-state index is -3.97. The average molecular weight is 453 g/mol. The van der Waals surface area contributed by atoms with Crippen LogP contribution in [0.3, 0.4) is 0 Å². The number of benzene rings is 2. The molecule has 32 heavy (non-hydrogen) atoms. The largest absolute Gasteiger partial charge is 0.491 e. The Morgan fingerprint density at radius 1 is 1.09 bits per heavy atom. The number of carbonyl (C=O) groups is 1. The summed E-state index contributed by atoms with van der Waals surface area (Å²) in [6, 6.07) is 18.3. The summed E-state index contributed by atoms with van der Waals surface area (Å²) in [4.78, 5) is 16.5. The Bertz CT molecular complexity index is 1150. The average Bonchev–Trinajstić information content (AvgIpc) is 2.79. The van der Waals surface area contributed by atoms with Crippen LogP contribution in [0.15, 0.2) is 89.1 Å². The van der Waals surface area contributed by atoms with Crippen LogP contribution in [0.25, 0.3) is 0 Å². The highest BCUT2D eigenvalue weighted by Gasteiger charge is 2.27. The maximum atomic E-state index is 13.1. The van der Waals surface area contributed by atoms with Gasteiger partial charge in [0.05, 0.1) is 29.1 Å². The van der Waals surface area contributed by atoms with E-state index in [4.69, 9.17) is 4.74 Å². The van der Waals surface area contributed by atoms with E-state index in [1.165, 1.54) is 30.7 Å². The van der Waals surface area contributed by atoms with E-state index in [0.29, 0.717) is 0 Å². The third-order valence-electron chi connectivity index (χ3n) is 4.21. The van der Waals surface area contributed by atoms with Crippen molar-refractivity contribution in [1.82, 2.24) is 10.4 Å². The quantitative estimate of drug-likeness (QED) is 0.397. The lowest BCUT2D eigenvalue weighted by Gasteiger charge is -2.23. The monoisotopic (exact) mass is 452 g/mol. The molecule has 1 N–H and O–H groups in total. The second kappa shape index (κ2) is 10.5. The zero-order valence-corrected chi connectivity index (χ0v) is 18.6. The molecule has 0 fully saturated rings. The number of ether oxygens (including phenoxy) is 1. The zero-order valence-electron chi connectivity index (χ0n) is 17.8. The van der Waals surface area contributed by atoms with E-state index in [-0.39, 0.29) is 16.7 Å². The van der Waals surface area contributed by atoms with Crippen LogP contribution >= 0.6 is 0 Å². The third-order valence-corrected chi connectivity index (χ3v) is 6.00. The van der Waals surface area contributed by atoms with Crippen molar-refractivity contribution in [2.75, 3.05) is 10.8 Å². The number of carbonyl (C=O) groups excluding carboxylic acids is 1. The first-order valence-electron chi connectivity index (χ1n) is 9.93. The summed E-state index contributed by atoms with van der Waals surface area (Å²) in [7, 11) is -3.97. The molecule has 2 aromatic carbocycles. The summed E-state index contributed by atoms with van der Waals surface area (Å²) in [6.45, 7) is 3.43. The number of nitrogens with one attached hydrogen (secondary N) is 1. The van der Waals surface area contributed by atoms with E-state index in [2.05, 4.69) is 15.5 Å². The number of pyridine rings is 1. The van der Waals surface area contributed by atoms with Crippen LogP contribution in [0, 0.1) is 0 Å².